The minimum Gasteiger partial charge on any atom is -0.489 e. The van der Waals surface area contributed by atoms with Crippen molar-refractivity contribution in [2.75, 3.05) is 13.1 Å². The van der Waals surface area contributed by atoms with Crippen LogP contribution in [0.3, 0.4) is 0 Å². The van der Waals surface area contributed by atoms with Crippen molar-refractivity contribution in [3.8, 4) is 5.75 Å². The van der Waals surface area contributed by atoms with Gasteiger partial charge in [-0.15, -0.1) is 0 Å². The summed E-state index contributed by atoms with van der Waals surface area (Å²) in [4.78, 5) is 0. The molecule has 2 aromatic carbocycles. The average molecular weight is 410 g/mol. The largest absolute Gasteiger partial charge is 0.489 e. The highest BCUT2D eigenvalue weighted by atomic mass is 19.1. The molecule has 1 heterocycles. The van der Waals surface area contributed by atoms with Crippen molar-refractivity contribution in [2.45, 2.75) is 76.0 Å². The minimum absolute atomic E-state index is 0.438. The van der Waals surface area contributed by atoms with Crippen LogP contribution in [0.1, 0.15) is 74.8 Å². The first-order valence-corrected chi connectivity index (χ1v) is 11.9. The van der Waals surface area contributed by atoms with Gasteiger partial charge in [0, 0.05) is 0 Å². The fourth-order valence-corrected chi connectivity index (χ4v) is 5.33. The molecule has 0 radical (unpaired) electrons. The number of alkyl halides is 1. The standard InChI is InChI=1S/C27H36FNO/c28-27(16-18-29-19-17-27)15-14-26(23-10-5-2-6-11-23)24-12-7-13-25(20-24)30-21-22-8-3-1-4-9-22/h1,3-4,7-9,12-13,20,23,26,29H,2,5-6,10-11,14-19,21H2. The molecule has 1 N–H and O–H groups in total. The summed E-state index contributed by atoms with van der Waals surface area (Å²) in [5, 5.41) is 3.30. The Morgan fingerprint density at radius 2 is 1.73 bits per heavy atom. The number of piperidine rings is 1. The third-order valence-electron chi connectivity index (χ3n) is 7.16. The zero-order valence-electron chi connectivity index (χ0n) is 18.1. The monoisotopic (exact) mass is 409 g/mol. The van der Waals surface area contributed by atoms with Gasteiger partial charge in [-0.25, -0.2) is 4.39 Å². The number of hydrogen-bond acceptors (Lipinski definition) is 2. The van der Waals surface area contributed by atoms with Crippen molar-refractivity contribution in [2.24, 2.45) is 5.92 Å². The molecule has 0 spiro atoms. The van der Waals surface area contributed by atoms with E-state index in [-0.39, 0.29) is 0 Å². The van der Waals surface area contributed by atoms with Gasteiger partial charge in [-0.2, -0.15) is 0 Å². The number of benzene rings is 2. The topological polar surface area (TPSA) is 21.3 Å². The van der Waals surface area contributed by atoms with Crippen molar-refractivity contribution < 1.29 is 9.13 Å². The molecule has 2 aliphatic rings. The van der Waals surface area contributed by atoms with Crippen LogP contribution in [-0.2, 0) is 6.61 Å². The molecule has 4 rings (SSSR count). The van der Waals surface area contributed by atoms with Crippen molar-refractivity contribution in [3.05, 3.63) is 65.7 Å². The van der Waals surface area contributed by atoms with Gasteiger partial charge in [0.1, 0.15) is 18.0 Å². The van der Waals surface area contributed by atoms with Gasteiger partial charge in [-0.05, 0) is 86.7 Å². The highest BCUT2D eigenvalue weighted by molar-refractivity contribution is 5.32. The summed E-state index contributed by atoms with van der Waals surface area (Å²) >= 11 is 0. The predicted molar refractivity (Wildman–Crippen MR) is 122 cm³/mol. The van der Waals surface area contributed by atoms with Gasteiger partial charge in [0.15, 0.2) is 0 Å². The Morgan fingerprint density at radius 3 is 2.50 bits per heavy atom. The van der Waals surface area contributed by atoms with E-state index in [0.29, 0.717) is 37.7 Å². The van der Waals surface area contributed by atoms with Crippen LogP contribution < -0.4 is 10.1 Å². The average Bonchev–Trinajstić information content (AvgIpc) is 2.80. The molecule has 2 nitrogen and oxygen atoms in total. The molecule has 2 fully saturated rings. The van der Waals surface area contributed by atoms with E-state index in [2.05, 4.69) is 35.6 Å². The lowest BCUT2D eigenvalue weighted by atomic mass is 9.73. The summed E-state index contributed by atoms with van der Waals surface area (Å²) in [6.45, 7) is 2.21. The summed E-state index contributed by atoms with van der Waals surface area (Å²) < 4.78 is 21.4. The van der Waals surface area contributed by atoms with E-state index in [9.17, 15) is 0 Å². The van der Waals surface area contributed by atoms with Crippen molar-refractivity contribution in [1.82, 2.24) is 5.32 Å². The Balaban J connectivity index is 1.46. The second kappa shape index (κ2) is 10.4. The molecule has 1 saturated carbocycles. The van der Waals surface area contributed by atoms with Crippen LogP contribution >= 0.6 is 0 Å². The Bertz CT molecular complexity index is 765. The van der Waals surface area contributed by atoms with Gasteiger partial charge >= 0.3 is 0 Å². The number of halogens is 1. The third-order valence-corrected chi connectivity index (χ3v) is 7.16. The van der Waals surface area contributed by atoms with Gasteiger partial charge in [0.25, 0.3) is 0 Å². The van der Waals surface area contributed by atoms with E-state index in [0.717, 1.165) is 25.3 Å². The summed E-state index contributed by atoms with van der Waals surface area (Å²) in [6, 6.07) is 18.9. The maximum Gasteiger partial charge on any atom is 0.120 e. The lowest BCUT2D eigenvalue weighted by Crippen LogP contribution is -2.39. The second-order valence-corrected chi connectivity index (χ2v) is 9.29. The van der Waals surface area contributed by atoms with Crippen LogP contribution in [0, 0.1) is 5.92 Å². The number of ether oxygens (including phenoxy) is 1. The number of nitrogens with one attached hydrogen (secondary N) is 1. The molecule has 162 valence electrons. The zero-order chi connectivity index (χ0) is 20.7. The fourth-order valence-electron chi connectivity index (χ4n) is 5.33. The molecular weight excluding hydrogens is 373 g/mol. The van der Waals surface area contributed by atoms with E-state index in [4.69, 9.17) is 4.74 Å². The van der Waals surface area contributed by atoms with Crippen molar-refractivity contribution >= 4 is 0 Å². The Labute approximate surface area is 181 Å². The maximum absolute atomic E-state index is 15.3. The molecular formula is C27H36FNO. The quantitative estimate of drug-likeness (QED) is 0.517. The second-order valence-electron chi connectivity index (χ2n) is 9.29. The molecule has 0 aromatic heterocycles. The molecule has 1 aliphatic carbocycles. The molecule has 0 amide bonds. The first kappa shape index (κ1) is 21.4. The van der Waals surface area contributed by atoms with Crippen LogP contribution in [-0.4, -0.2) is 18.8 Å². The van der Waals surface area contributed by atoms with Crippen LogP contribution in [0.5, 0.6) is 5.75 Å². The van der Waals surface area contributed by atoms with Crippen molar-refractivity contribution in [3.63, 3.8) is 0 Å². The summed E-state index contributed by atoms with van der Waals surface area (Å²) in [5.41, 5.74) is 1.53. The molecule has 1 atom stereocenters. The van der Waals surface area contributed by atoms with Gasteiger partial charge in [0.05, 0.1) is 0 Å². The Hall–Kier alpha value is -1.87. The maximum atomic E-state index is 15.3. The van der Waals surface area contributed by atoms with E-state index >= 15 is 4.39 Å². The molecule has 2 aromatic rings. The van der Waals surface area contributed by atoms with Crippen LogP contribution in [0.25, 0.3) is 0 Å². The normalized spacial score (nSPS) is 20.6. The smallest absolute Gasteiger partial charge is 0.120 e. The highest BCUT2D eigenvalue weighted by Crippen LogP contribution is 2.42. The molecule has 1 saturated heterocycles. The van der Waals surface area contributed by atoms with E-state index < -0.39 is 5.67 Å². The Kier molecular flexibility index (Phi) is 7.43. The lowest BCUT2D eigenvalue weighted by Gasteiger charge is -2.35. The highest BCUT2D eigenvalue weighted by Gasteiger charge is 2.34. The predicted octanol–water partition coefficient (Wildman–Crippen LogP) is 6.80. The SMILES string of the molecule is FC1(CCC(c2cccc(OCc3ccccc3)c2)C2CCCCC2)CCNCC1. The van der Waals surface area contributed by atoms with Gasteiger partial charge in [-0.3, -0.25) is 0 Å². The van der Waals surface area contributed by atoms with Crippen LogP contribution in [0.15, 0.2) is 54.6 Å². The number of hydrogen-bond donors (Lipinski definition) is 1. The third kappa shape index (κ3) is 5.85. The summed E-state index contributed by atoms with van der Waals surface area (Å²) in [5.74, 6) is 2.04. The van der Waals surface area contributed by atoms with Gasteiger partial charge in [-0.1, -0.05) is 61.7 Å². The first-order chi connectivity index (χ1) is 14.7. The summed E-state index contributed by atoms with van der Waals surface area (Å²) in [6.07, 6.45) is 9.49. The van der Waals surface area contributed by atoms with E-state index in [1.165, 1.54) is 43.2 Å². The number of rotatable bonds is 8. The first-order valence-electron chi connectivity index (χ1n) is 11.9. The van der Waals surface area contributed by atoms with Crippen LogP contribution in [0.4, 0.5) is 4.39 Å². The molecule has 30 heavy (non-hydrogen) atoms. The lowest BCUT2D eigenvalue weighted by molar-refractivity contribution is 0.0948. The van der Waals surface area contributed by atoms with Crippen LogP contribution in [0.2, 0.25) is 0 Å². The molecule has 1 aliphatic heterocycles. The van der Waals surface area contributed by atoms with Gasteiger partial charge < -0.3 is 10.1 Å². The fraction of sp³-hybridized carbons (Fsp3) is 0.556. The Morgan fingerprint density at radius 1 is 0.967 bits per heavy atom. The molecule has 0 bridgehead atoms. The minimum atomic E-state index is -0.987. The van der Waals surface area contributed by atoms with Gasteiger partial charge in [0.2, 0.25) is 0 Å². The van der Waals surface area contributed by atoms with E-state index in [1.54, 1.807) is 0 Å². The summed E-state index contributed by atoms with van der Waals surface area (Å²) in [7, 11) is 0. The molecule has 1 unspecified atom stereocenters. The van der Waals surface area contributed by atoms with Crippen molar-refractivity contribution in [1.29, 1.82) is 0 Å². The molecule has 3 heteroatoms. The van der Waals surface area contributed by atoms with E-state index in [1.807, 2.05) is 24.3 Å². The zero-order valence-corrected chi connectivity index (χ0v) is 18.1.